The molecule has 2 saturated carbocycles. The molecule has 4 aliphatic carbocycles. The second kappa shape index (κ2) is 10.5. The van der Waals surface area contributed by atoms with Crippen LogP contribution >= 0.6 is 0 Å². The molecule has 0 aromatic rings. The van der Waals surface area contributed by atoms with Crippen molar-refractivity contribution in [2.75, 3.05) is 0 Å². The number of unbranched alkanes of at least 4 members (excludes halogenated alkanes) is 7. The van der Waals surface area contributed by atoms with E-state index in [0.717, 1.165) is 64.2 Å². The van der Waals surface area contributed by atoms with E-state index < -0.39 is 11.6 Å². The SMILES string of the molecule is CC1(C)C[C@H]2C(=CC1=O)CC[C@H]1C3=CC[C@@](O)(CCCCCCCCCCC(=O)O)[C@@]3(C)CC[C@H]21. The Morgan fingerprint density at radius 2 is 1.63 bits per heavy atom. The summed E-state index contributed by atoms with van der Waals surface area (Å²) >= 11 is 0. The van der Waals surface area contributed by atoms with Gasteiger partial charge in [0.1, 0.15) is 0 Å². The summed E-state index contributed by atoms with van der Waals surface area (Å²) in [6, 6.07) is 0. The van der Waals surface area contributed by atoms with Crippen LogP contribution in [0.5, 0.6) is 0 Å². The van der Waals surface area contributed by atoms with Crippen molar-refractivity contribution in [3.63, 3.8) is 0 Å². The third kappa shape index (κ3) is 5.33. The van der Waals surface area contributed by atoms with Gasteiger partial charge in [0.25, 0.3) is 0 Å². The number of aliphatic carboxylic acids is 1. The minimum Gasteiger partial charge on any atom is -0.481 e. The minimum absolute atomic E-state index is 0.0838. The number of ketones is 1. The molecule has 2 N–H and O–H groups in total. The van der Waals surface area contributed by atoms with Crippen LogP contribution in [0.25, 0.3) is 0 Å². The molecule has 35 heavy (non-hydrogen) atoms. The van der Waals surface area contributed by atoms with Crippen LogP contribution < -0.4 is 0 Å². The second-order valence-electron chi connectivity index (χ2n) is 13.1. The monoisotopic (exact) mass is 484 g/mol. The van der Waals surface area contributed by atoms with Crippen LogP contribution in [0.2, 0.25) is 0 Å². The van der Waals surface area contributed by atoms with Gasteiger partial charge in [-0.05, 0) is 75.2 Å². The number of allylic oxidation sites excluding steroid dienone is 2. The standard InChI is InChI=1S/C31H48O4/c1-29(2)21-25-22(20-27(29)32)13-14-24-23(25)15-18-30(3)26(24)16-19-31(30,35)17-11-9-7-5-4-6-8-10-12-28(33)34/h16,20,23-25,35H,4-15,17-19,21H2,1-3H3,(H,33,34)/t23-,24+,25-,30-,31-/m0/s1. The van der Waals surface area contributed by atoms with Gasteiger partial charge in [-0.15, -0.1) is 0 Å². The van der Waals surface area contributed by atoms with Crippen molar-refractivity contribution in [3.8, 4) is 0 Å². The number of rotatable bonds is 11. The third-order valence-electron chi connectivity index (χ3n) is 10.4. The van der Waals surface area contributed by atoms with Gasteiger partial charge >= 0.3 is 5.97 Å². The highest BCUT2D eigenvalue weighted by Gasteiger charge is 2.58. The molecule has 0 unspecified atom stereocenters. The predicted octanol–water partition coefficient (Wildman–Crippen LogP) is 7.40. The number of carbonyl (C=O) groups excluding carboxylic acids is 1. The summed E-state index contributed by atoms with van der Waals surface area (Å²) in [5.41, 5.74) is 2.04. The van der Waals surface area contributed by atoms with Crippen molar-refractivity contribution < 1.29 is 19.8 Å². The smallest absolute Gasteiger partial charge is 0.303 e. The van der Waals surface area contributed by atoms with Gasteiger partial charge in [0.15, 0.2) is 5.78 Å². The van der Waals surface area contributed by atoms with Gasteiger partial charge in [-0.25, -0.2) is 0 Å². The van der Waals surface area contributed by atoms with Gasteiger partial charge in [-0.1, -0.05) is 82.9 Å². The number of carboxylic acid groups (broad SMARTS) is 1. The van der Waals surface area contributed by atoms with Crippen molar-refractivity contribution in [3.05, 3.63) is 23.3 Å². The Morgan fingerprint density at radius 1 is 0.971 bits per heavy atom. The first kappa shape index (κ1) is 26.6. The Kier molecular flexibility index (Phi) is 8.01. The molecule has 5 atom stereocenters. The average molecular weight is 485 g/mol. The molecule has 0 bridgehead atoms. The number of carbonyl (C=O) groups is 2. The topological polar surface area (TPSA) is 74.6 Å². The first-order chi connectivity index (χ1) is 16.6. The van der Waals surface area contributed by atoms with E-state index in [2.05, 4.69) is 26.8 Å². The van der Waals surface area contributed by atoms with E-state index in [4.69, 9.17) is 5.11 Å². The summed E-state index contributed by atoms with van der Waals surface area (Å²) < 4.78 is 0. The van der Waals surface area contributed by atoms with Gasteiger partial charge < -0.3 is 10.2 Å². The van der Waals surface area contributed by atoms with Crippen LogP contribution in [0.15, 0.2) is 23.3 Å². The lowest BCUT2D eigenvalue weighted by molar-refractivity contribution is -0.137. The molecule has 2 fully saturated rings. The van der Waals surface area contributed by atoms with Gasteiger partial charge in [0.05, 0.1) is 5.60 Å². The highest BCUT2D eigenvalue weighted by Crippen LogP contribution is 2.64. The van der Waals surface area contributed by atoms with E-state index in [1.165, 1.54) is 37.7 Å². The molecule has 0 spiro atoms. The zero-order chi connectivity index (χ0) is 25.3. The first-order valence-electron chi connectivity index (χ1n) is 14.5. The minimum atomic E-state index is -0.686. The molecule has 0 saturated heterocycles. The number of hydrogen-bond donors (Lipinski definition) is 2. The van der Waals surface area contributed by atoms with Crippen molar-refractivity contribution >= 4 is 11.8 Å². The van der Waals surface area contributed by atoms with Crippen molar-refractivity contribution in [1.82, 2.24) is 0 Å². The maximum Gasteiger partial charge on any atom is 0.303 e. The van der Waals surface area contributed by atoms with E-state index in [-0.39, 0.29) is 10.8 Å². The lowest BCUT2D eigenvalue weighted by Crippen LogP contribution is -2.51. The van der Waals surface area contributed by atoms with Gasteiger partial charge in [0, 0.05) is 17.3 Å². The Hall–Kier alpha value is -1.42. The number of carboxylic acids is 1. The lowest BCUT2D eigenvalue weighted by Gasteiger charge is -2.55. The Morgan fingerprint density at radius 3 is 2.31 bits per heavy atom. The van der Waals surface area contributed by atoms with Crippen molar-refractivity contribution in [2.45, 2.75) is 129 Å². The highest BCUT2D eigenvalue weighted by atomic mass is 16.4. The second-order valence-corrected chi connectivity index (χ2v) is 13.1. The summed E-state index contributed by atoms with van der Waals surface area (Å²) in [7, 11) is 0. The van der Waals surface area contributed by atoms with Crippen molar-refractivity contribution in [2.24, 2.45) is 28.6 Å². The quantitative estimate of drug-likeness (QED) is 0.237. The van der Waals surface area contributed by atoms with E-state index >= 15 is 0 Å². The van der Waals surface area contributed by atoms with Gasteiger partial charge in [-0.2, -0.15) is 0 Å². The molecule has 0 aromatic heterocycles. The molecule has 0 heterocycles. The zero-order valence-corrected chi connectivity index (χ0v) is 22.4. The molecule has 0 amide bonds. The first-order valence-corrected chi connectivity index (χ1v) is 14.5. The van der Waals surface area contributed by atoms with Crippen LogP contribution in [0, 0.1) is 28.6 Å². The number of aliphatic hydroxyl groups is 1. The molecular formula is C31H48O4. The fourth-order valence-electron chi connectivity index (χ4n) is 8.06. The average Bonchev–Trinajstić information content (AvgIpc) is 3.06. The van der Waals surface area contributed by atoms with Crippen LogP contribution in [0.1, 0.15) is 124 Å². The fourth-order valence-corrected chi connectivity index (χ4v) is 8.06. The predicted molar refractivity (Wildman–Crippen MR) is 140 cm³/mol. The summed E-state index contributed by atoms with van der Waals surface area (Å²) in [6.45, 7) is 6.58. The molecule has 0 radical (unpaired) electrons. The fraction of sp³-hybridized carbons (Fsp3) is 0.806. The van der Waals surface area contributed by atoms with Crippen molar-refractivity contribution in [1.29, 1.82) is 0 Å². The van der Waals surface area contributed by atoms with Crippen LogP contribution in [0.4, 0.5) is 0 Å². The Labute approximate surface area is 212 Å². The summed E-state index contributed by atoms with van der Waals surface area (Å²) in [4.78, 5) is 23.1. The normalized spacial score (nSPS) is 35.5. The Bertz CT molecular complexity index is 867. The van der Waals surface area contributed by atoms with Crippen LogP contribution in [0.3, 0.4) is 0 Å². The molecule has 4 nitrogen and oxygen atoms in total. The molecule has 4 heteroatoms. The molecule has 4 aliphatic rings. The summed E-state index contributed by atoms with van der Waals surface area (Å²) in [5.74, 6) is 1.39. The van der Waals surface area contributed by atoms with Gasteiger partial charge in [0.2, 0.25) is 0 Å². The summed E-state index contributed by atoms with van der Waals surface area (Å²) in [6.07, 6.45) is 20.7. The number of hydrogen-bond acceptors (Lipinski definition) is 3. The molecule has 0 aromatic carbocycles. The largest absolute Gasteiger partial charge is 0.481 e. The molecule has 196 valence electrons. The zero-order valence-electron chi connectivity index (χ0n) is 22.4. The third-order valence-corrected chi connectivity index (χ3v) is 10.4. The summed E-state index contributed by atoms with van der Waals surface area (Å²) in [5, 5.41) is 20.6. The van der Waals surface area contributed by atoms with E-state index in [1.807, 2.05) is 6.08 Å². The molecule has 0 aliphatic heterocycles. The van der Waals surface area contributed by atoms with E-state index in [9.17, 15) is 14.7 Å². The van der Waals surface area contributed by atoms with Crippen LogP contribution in [-0.2, 0) is 9.59 Å². The van der Waals surface area contributed by atoms with Gasteiger partial charge in [-0.3, -0.25) is 9.59 Å². The van der Waals surface area contributed by atoms with E-state index in [1.54, 1.807) is 5.57 Å². The number of fused-ring (bicyclic) bond motifs is 5. The molecular weight excluding hydrogens is 436 g/mol. The maximum absolute atomic E-state index is 12.6. The lowest BCUT2D eigenvalue weighted by atomic mass is 9.50. The highest BCUT2D eigenvalue weighted by molar-refractivity contribution is 5.96. The van der Waals surface area contributed by atoms with E-state index in [0.29, 0.717) is 30.0 Å². The maximum atomic E-state index is 12.6. The Balaban J connectivity index is 1.26. The molecule has 4 rings (SSSR count). The van der Waals surface area contributed by atoms with Crippen LogP contribution in [-0.4, -0.2) is 27.6 Å².